The van der Waals surface area contributed by atoms with Crippen LogP contribution in [0.2, 0.25) is 0 Å². The molecule has 2 heterocycles. The number of alkyl carbamates (subject to hydrolysis) is 1. The molecule has 0 spiro atoms. The average molecular weight is 420 g/mol. The number of ether oxygens (including phenoxy) is 2. The summed E-state index contributed by atoms with van der Waals surface area (Å²) in [6.45, 7) is 1.29. The molecular weight excluding hydrogens is 394 g/mol. The van der Waals surface area contributed by atoms with E-state index < -0.39 is 12.1 Å². The van der Waals surface area contributed by atoms with Crippen molar-refractivity contribution in [2.45, 2.75) is 38.0 Å². The van der Waals surface area contributed by atoms with E-state index in [2.05, 4.69) is 15.6 Å². The van der Waals surface area contributed by atoms with Crippen LogP contribution in [-0.2, 0) is 27.3 Å². The lowest BCUT2D eigenvalue weighted by molar-refractivity contribution is -0.123. The first-order chi connectivity index (χ1) is 13.7. The number of pyridine rings is 1. The molecule has 1 fully saturated rings. The minimum atomic E-state index is -0.728. The van der Waals surface area contributed by atoms with E-state index in [0.717, 1.165) is 30.6 Å². The third-order valence-electron chi connectivity index (χ3n) is 4.54. The van der Waals surface area contributed by atoms with E-state index in [1.165, 1.54) is 0 Å². The maximum atomic E-state index is 12.7. The van der Waals surface area contributed by atoms with Gasteiger partial charge in [-0.15, -0.1) is 12.4 Å². The number of nitrogens with one attached hydrogen (secondary N) is 2. The molecule has 0 saturated carbocycles. The van der Waals surface area contributed by atoms with Gasteiger partial charge in [0.2, 0.25) is 5.91 Å². The molecule has 8 heteroatoms. The molecule has 2 N–H and O–H groups in total. The number of carbonyl (C=O) groups is 2. The highest BCUT2D eigenvalue weighted by molar-refractivity contribution is 5.86. The highest BCUT2D eigenvalue weighted by Gasteiger charge is 2.24. The number of hydrogen-bond donors (Lipinski definition) is 2. The van der Waals surface area contributed by atoms with Gasteiger partial charge in [-0.3, -0.25) is 9.78 Å². The number of hydrogen-bond acceptors (Lipinski definition) is 5. The van der Waals surface area contributed by atoms with Crippen LogP contribution in [0.25, 0.3) is 0 Å². The van der Waals surface area contributed by atoms with Crippen LogP contribution in [0.5, 0.6) is 0 Å². The third-order valence-corrected chi connectivity index (χ3v) is 4.54. The number of aromatic nitrogens is 1. The summed E-state index contributed by atoms with van der Waals surface area (Å²) < 4.78 is 10.8. The summed E-state index contributed by atoms with van der Waals surface area (Å²) in [6.07, 6.45) is 4.99. The Labute approximate surface area is 176 Å². The molecular formula is C21H26ClN3O4. The first kappa shape index (κ1) is 22.6. The number of amides is 2. The van der Waals surface area contributed by atoms with Crippen molar-refractivity contribution in [1.82, 2.24) is 15.6 Å². The van der Waals surface area contributed by atoms with Crippen LogP contribution in [0, 0.1) is 0 Å². The van der Waals surface area contributed by atoms with Crippen molar-refractivity contribution in [2.75, 3.05) is 13.2 Å². The molecule has 2 atom stereocenters. The quantitative estimate of drug-likeness (QED) is 0.686. The average Bonchev–Trinajstić information content (AvgIpc) is 3.25. The fraction of sp³-hybridized carbons (Fsp3) is 0.381. The summed E-state index contributed by atoms with van der Waals surface area (Å²) in [5.41, 5.74) is 1.78. The molecule has 156 valence electrons. The summed E-state index contributed by atoms with van der Waals surface area (Å²) in [4.78, 5) is 28.8. The zero-order valence-electron chi connectivity index (χ0n) is 16.1. The van der Waals surface area contributed by atoms with Gasteiger partial charge < -0.3 is 20.1 Å². The van der Waals surface area contributed by atoms with Crippen LogP contribution in [0.1, 0.15) is 24.0 Å². The van der Waals surface area contributed by atoms with Gasteiger partial charge in [0.1, 0.15) is 12.6 Å². The van der Waals surface area contributed by atoms with E-state index in [1.54, 1.807) is 24.5 Å². The molecule has 1 saturated heterocycles. The van der Waals surface area contributed by atoms with Gasteiger partial charge >= 0.3 is 6.09 Å². The summed E-state index contributed by atoms with van der Waals surface area (Å²) in [5, 5.41) is 5.56. The monoisotopic (exact) mass is 419 g/mol. The predicted octanol–water partition coefficient (Wildman–Crippen LogP) is 2.64. The fourth-order valence-corrected chi connectivity index (χ4v) is 3.01. The van der Waals surface area contributed by atoms with Crippen molar-refractivity contribution < 1.29 is 19.1 Å². The van der Waals surface area contributed by atoms with Gasteiger partial charge in [0.15, 0.2) is 0 Å². The van der Waals surface area contributed by atoms with E-state index in [1.807, 2.05) is 30.3 Å². The van der Waals surface area contributed by atoms with Gasteiger partial charge in [-0.25, -0.2) is 4.79 Å². The Morgan fingerprint density at radius 1 is 1.14 bits per heavy atom. The number of benzene rings is 1. The maximum absolute atomic E-state index is 12.7. The topological polar surface area (TPSA) is 89.6 Å². The normalized spacial score (nSPS) is 16.3. The van der Waals surface area contributed by atoms with E-state index in [-0.39, 0.29) is 31.0 Å². The zero-order valence-corrected chi connectivity index (χ0v) is 16.9. The minimum Gasteiger partial charge on any atom is -0.445 e. The Balaban J connectivity index is 0.00000300. The fourth-order valence-electron chi connectivity index (χ4n) is 3.01. The summed E-state index contributed by atoms with van der Waals surface area (Å²) in [6, 6.07) is 12.4. The van der Waals surface area contributed by atoms with Gasteiger partial charge in [-0.2, -0.15) is 0 Å². The standard InChI is InChI=1S/C21H25N3O4.ClH/c25-20(23-14-18-7-4-12-27-18)19(13-16-5-2-1-3-6-16)24-21(26)28-15-17-8-10-22-11-9-17;/h1-3,5-6,8-11,18-19H,4,7,12-15H2,(H,23,25)(H,24,26);1H/t18-,19+;/m1./s1. The van der Waals surface area contributed by atoms with Crippen molar-refractivity contribution in [3.05, 3.63) is 66.0 Å². The highest BCUT2D eigenvalue weighted by Crippen LogP contribution is 2.11. The Bertz CT molecular complexity index is 755. The largest absolute Gasteiger partial charge is 0.445 e. The van der Waals surface area contributed by atoms with E-state index in [9.17, 15) is 9.59 Å². The number of halogens is 1. The Hall–Kier alpha value is -2.64. The van der Waals surface area contributed by atoms with Crippen molar-refractivity contribution in [3.8, 4) is 0 Å². The highest BCUT2D eigenvalue weighted by atomic mass is 35.5. The molecule has 3 rings (SSSR count). The summed E-state index contributed by atoms with van der Waals surface area (Å²) in [7, 11) is 0. The minimum absolute atomic E-state index is 0. The molecule has 0 bridgehead atoms. The van der Waals surface area contributed by atoms with Gasteiger partial charge in [0.25, 0.3) is 0 Å². The Kier molecular flexibility index (Phi) is 9.40. The smallest absolute Gasteiger partial charge is 0.408 e. The van der Waals surface area contributed by atoms with Crippen LogP contribution in [0.15, 0.2) is 54.9 Å². The summed E-state index contributed by atoms with van der Waals surface area (Å²) >= 11 is 0. The van der Waals surface area contributed by atoms with Crippen molar-refractivity contribution in [2.24, 2.45) is 0 Å². The number of rotatable bonds is 8. The van der Waals surface area contributed by atoms with Crippen molar-refractivity contribution in [3.63, 3.8) is 0 Å². The Morgan fingerprint density at radius 3 is 2.59 bits per heavy atom. The van der Waals surface area contributed by atoms with Gasteiger partial charge in [-0.1, -0.05) is 30.3 Å². The molecule has 1 aromatic carbocycles. The Morgan fingerprint density at radius 2 is 1.90 bits per heavy atom. The first-order valence-electron chi connectivity index (χ1n) is 9.46. The van der Waals surface area contributed by atoms with Gasteiger partial charge in [0.05, 0.1) is 6.10 Å². The van der Waals surface area contributed by atoms with Gasteiger partial charge in [-0.05, 0) is 36.1 Å². The predicted molar refractivity (Wildman–Crippen MR) is 111 cm³/mol. The summed E-state index contributed by atoms with van der Waals surface area (Å²) in [5.74, 6) is -0.250. The van der Waals surface area contributed by atoms with Crippen LogP contribution < -0.4 is 10.6 Å². The molecule has 2 amide bonds. The lowest BCUT2D eigenvalue weighted by atomic mass is 10.1. The molecule has 0 unspecified atom stereocenters. The number of nitrogens with zero attached hydrogens (tertiary/aromatic N) is 1. The SMILES string of the molecule is Cl.O=C(N[C@@H](Cc1ccccc1)C(=O)NC[C@H]1CCCO1)OCc1ccncc1. The van der Waals surface area contributed by atoms with Crippen LogP contribution in [0.4, 0.5) is 4.79 Å². The molecule has 2 aromatic rings. The van der Waals surface area contributed by atoms with E-state index in [4.69, 9.17) is 9.47 Å². The lowest BCUT2D eigenvalue weighted by Gasteiger charge is -2.20. The van der Waals surface area contributed by atoms with Crippen molar-refractivity contribution >= 4 is 24.4 Å². The molecule has 1 aliphatic rings. The van der Waals surface area contributed by atoms with Crippen LogP contribution >= 0.6 is 12.4 Å². The molecule has 1 aromatic heterocycles. The van der Waals surface area contributed by atoms with Crippen LogP contribution in [-0.4, -0.2) is 42.3 Å². The van der Waals surface area contributed by atoms with Crippen LogP contribution in [0.3, 0.4) is 0 Å². The molecule has 1 aliphatic heterocycles. The third kappa shape index (κ3) is 7.71. The van der Waals surface area contributed by atoms with Crippen molar-refractivity contribution in [1.29, 1.82) is 0 Å². The first-order valence-corrected chi connectivity index (χ1v) is 9.46. The second-order valence-corrected chi connectivity index (χ2v) is 6.70. The van der Waals surface area contributed by atoms with Gasteiger partial charge in [0, 0.05) is 32.0 Å². The number of carbonyl (C=O) groups excluding carboxylic acids is 2. The molecule has 0 radical (unpaired) electrons. The van der Waals surface area contributed by atoms with E-state index in [0.29, 0.717) is 13.0 Å². The second kappa shape index (κ2) is 12.0. The van der Waals surface area contributed by atoms with E-state index >= 15 is 0 Å². The molecule has 29 heavy (non-hydrogen) atoms. The maximum Gasteiger partial charge on any atom is 0.408 e. The molecule has 0 aliphatic carbocycles. The second-order valence-electron chi connectivity index (χ2n) is 6.70. The molecule has 7 nitrogen and oxygen atoms in total. The lowest BCUT2D eigenvalue weighted by Crippen LogP contribution is -2.49. The zero-order chi connectivity index (χ0) is 19.6.